The maximum atomic E-state index is 12.1. The summed E-state index contributed by atoms with van der Waals surface area (Å²) in [5.74, 6) is 0.0683. The summed E-state index contributed by atoms with van der Waals surface area (Å²) in [4.78, 5) is 12.1. The summed E-state index contributed by atoms with van der Waals surface area (Å²) >= 11 is 0. The fourth-order valence-electron chi connectivity index (χ4n) is 2.64. The molecule has 1 amide bonds. The second kappa shape index (κ2) is 9.09. The van der Waals surface area contributed by atoms with Gasteiger partial charge in [0.2, 0.25) is 6.54 Å². The summed E-state index contributed by atoms with van der Waals surface area (Å²) in [6.45, 7) is 4.61. The number of carbonyl (C=O) groups is 1. The van der Waals surface area contributed by atoms with Gasteiger partial charge in [0, 0.05) is 18.2 Å². The molecule has 1 N–H and O–H groups in total. The minimum Gasteiger partial charge on any atom is -0.348 e. The Balaban J connectivity index is 1.75. The maximum Gasteiger partial charge on any atom is 0.286 e. The number of benzene rings is 1. The molecule has 0 fully saturated rings. The quantitative estimate of drug-likeness (QED) is 0.747. The molecule has 122 valence electrons. The zero-order valence-corrected chi connectivity index (χ0v) is 14.2. The lowest BCUT2D eigenvalue weighted by atomic mass is 10.1. The van der Waals surface area contributed by atoms with Gasteiger partial charge in [-0.2, -0.15) is 4.57 Å². The zero-order chi connectivity index (χ0) is 16.5. The zero-order valence-electron chi connectivity index (χ0n) is 14.2. The van der Waals surface area contributed by atoms with Crippen molar-refractivity contribution in [2.45, 2.75) is 52.1 Å². The fourth-order valence-corrected chi connectivity index (χ4v) is 2.64. The van der Waals surface area contributed by atoms with Crippen LogP contribution in [0.4, 0.5) is 0 Å². The van der Waals surface area contributed by atoms with Crippen LogP contribution < -0.4 is 9.88 Å². The van der Waals surface area contributed by atoms with E-state index < -0.39 is 0 Å². The predicted molar refractivity (Wildman–Crippen MR) is 93.0 cm³/mol. The molecule has 0 bridgehead atoms. The van der Waals surface area contributed by atoms with Crippen molar-refractivity contribution in [2.24, 2.45) is 0 Å². The average Bonchev–Trinajstić information content (AvgIpc) is 2.56. The van der Waals surface area contributed by atoms with Crippen LogP contribution in [0.2, 0.25) is 0 Å². The Kier molecular flexibility index (Phi) is 6.79. The number of nitrogens with one attached hydrogen (secondary N) is 1. The summed E-state index contributed by atoms with van der Waals surface area (Å²) in [5, 5.41) is 3.08. The Bertz CT molecular complexity index is 593. The van der Waals surface area contributed by atoms with Crippen LogP contribution >= 0.6 is 0 Å². The van der Waals surface area contributed by atoms with Gasteiger partial charge in [0.1, 0.15) is 0 Å². The van der Waals surface area contributed by atoms with E-state index in [1.54, 1.807) is 0 Å². The van der Waals surface area contributed by atoms with Crippen LogP contribution in [0.3, 0.4) is 0 Å². The first-order chi connectivity index (χ1) is 11.2. The standard InChI is InChI=1S/C20H26N2O/c1-3-7-18-12-14-22(15-13-18)16-20(23)21-17(2)10-11-19-8-5-4-6-9-19/h4-6,8-9,12-15,17H,3,7,10-11,16H2,1-2H3/p+1/t17-/m1/s1. The molecule has 0 aliphatic heterocycles. The van der Waals surface area contributed by atoms with Gasteiger partial charge in [-0.25, -0.2) is 0 Å². The van der Waals surface area contributed by atoms with Crippen LogP contribution in [0.1, 0.15) is 37.8 Å². The summed E-state index contributed by atoms with van der Waals surface area (Å²) in [6, 6.07) is 14.8. The van der Waals surface area contributed by atoms with E-state index in [2.05, 4.69) is 55.6 Å². The molecule has 0 spiro atoms. The molecule has 3 nitrogen and oxygen atoms in total. The van der Waals surface area contributed by atoms with E-state index in [-0.39, 0.29) is 11.9 Å². The Morgan fingerprint density at radius 2 is 1.70 bits per heavy atom. The van der Waals surface area contributed by atoms with E-state index in [9.17, 15) is 4.79 Å². The van der Waals surface area contributed by atoms with Gasteiger partial charge < -0.3 is 5.32 Å². The van der Waals surface area contributed by atoms with Gasteiger partial charge >= 0.3 is 0 Å². The minimum absolute atomic E-state index is 0.0683. The van der Waals surface area contributed by atoms with Crippen molar-refractivity contribution < 1.29 is 9.36 Å². The van der Waals surface area contributed by atoms with Crippen molar-refractivity contribution in [3.63, 3.8) is 0 Å². The number of pyridine rings is 1. The van der Waals surface area contributed by atoms with Crippen molar-refractivity contribution in [2.75, 3.05) is 0 Å². The summed E-state index contributed by atoms with van der Waals surface area (Å²) in [6.07, 6.45) is 8.14. The van der Waals surface area contributed by atoms with Crippen LogP contribution in [-0.4, -0.2) is 11.9 Å². The van der Waals surface area contributed by atoms with E-state index in [0.29, 0.717) is 6.54 Å². The van der Waals surface area contributed by atoms with Crippen LogP contribution in [-0.2, 0) is 24.2 Å². The number of amides is 1. The first kappa shape index (κ1) is 17.2. The van der Waals surface area contributed by atoms with Gasteiger partial charge in [-0.1, -0.05) is 43.7 Å². The fraction of sp³-hybridized carbons (Fsp3) is 0.400. The molecule has 2 aromatic rings. The van der Waals surface area contributed by atoms with E-state index >= 15 is 0 Å². The van der Waals surface area contributed by atoms with E-state index in [4.69, 9.17) is 0 Å². The van der Waals surface area contributed by atoms with Gasteiger partial charge in [0.05, 0.1) is 0 Å². The molecule has 0 radical (unpaired) electrons. The molecule has 0 saturated heterocycles. The molecule has 23 heavy (non-hydrogen) atoms. The number of aryl methyl sites for hydroxylation is 2. The molecule has 3 heteroatoms. The molecule has 1 atom stereocenters. The lowest BCUT2D eigenvalue weighted by Crippen LogP contribution is -2.45. The third-order valence-corrected chi connectivity index (χ3v) is 3.94. The van der Waals surface area contributed by atoms with Crippen molar-refractivity contribution in [1.82, 2.24) is 5.32 Å². The van der Waals surface area contributed by atoms with Crippen molar-refractivity contribution in [1.29, 1.82) is 0 Å². The van der Waals surface area contributed by atoms with E-state index in [1.165, 1.54) is 11.1 Å². The Hall–Kier alpha value is -2.16. The van der Waals surface area contributed by atoms with Crippen LogP contribution in [0.5, 0.6) is 0 Å². The molecular formula is C20H27N2O+. The highest BCUT2D eigenvalue weighted by molar-refractivity contribution is 5.74. The molecule has 2 rings (SSSR count). The third kappa shape index (κ3) is 6.23. The summed E-state index contributed by atoms with van der Waals surface area (Å²) in [7, 11) is 0. The number of carbonyl (C=O) groups excluding carboxylic acids is 1. The van der Waals surface area contributed by atoms with Crippen LogP contribution in [0.25, 0.3) is 0 Å². The first-order valence-corrected chi connectivity index (χ1v) is 8.48. The molecule has 1 heterocycles. The SMILES string of the molecule is CCCc1cc[n+](CC(=O)N[C@H](C)CCc2ccccc2)cc1. The predicted octanol–water partition coefficient (Wildman–Crippen LogP) is 3.06. The van der Waals surface area contributed by atoms with Crippen molar-refractivity contribution in [3.8, 4) is 0 Å². The molecule has 0 saturated carbocycles. The number of hydrogen-bond donors (Lipinski definition) is 1. The lowest BCUT2D eigenvalue weighted by molar-refractivity contribution is -0.684. The molecule has 0 aliphatic carbocycles. The number of nitrogens with zero attached hydrogens (tertiary/aromatic N) is 1. The Labute approximate surface area is 139 Å². The minimum atomic E-state index is 0.0683. The Morgan fingerprint density at radius 3 is 2.35 bits per heavy atom. The largest absolute Gasteiger partial charge is 0.348 e. The molecular weight excluding hydrogens is 284 g/mol. The highest BCUT2D eigenvalue weighted by atomic mass is 16.2. The monoisotopic (exact) mass is 311 g/mol. The highest BCUT2D eigenvalue weighted by Gasteiger charge is 2.12. The van der Waals surface area contributed by atoms with Gasteiger partial charge in [-0.15, -0.1) is 0 Å². The van der Waals surface area contributed by atoms with Crippen molar-refractivity contribution in [3.05, 3.63) is 66.0 Å². The van der Waals surface area contributed by atoms with Gasteiger partial charge in [-0.3, -0.25) is 4.79 Å². The molecule has 1 aromatic heterocycles. The topological polar surface area (TPSA) is 33.0 Å². The van der Waals surface area contributed by atoms with Crippen LogP contribution in [0.15, 0.2) is 54.9 Å². The van der Waals surface area contributed by atoms with Gasteiger partial charge in [-0.05, 0) is 37.3 Å². The summed E-state index contributed by atoms with van der Waals surface area (Å²) in [5.41, 5.74) is 2.63. The van der Waals surface area contributed by atoms with E-state index in [1.807, 2.05) is 23.0 Å². The van der Waals surface area contributed by atoms with Crippen LogP contribution in [0, 0.1) is 0 Å². The highest BCUT2D eigenvalue weighted by Crippen LogP contribution is 2.04. The Morgan fingerprint density at radius 1 is 1.04 bits per heavy atom. The normalized spacial score (nSPS) is 11.9. The molecule has 1 aromatic carbocycles. The second-order valence-corrected chi connectivity index (χ2v) is 6.12. The number of aromatic nitrogens is 1. The van der Waals surface area contributed by atoms with Gasteiger partial charge in [0.25, 0.3) is 5.91 Å². The molecule has 0 aliphatic rings. The van der Waals surface area contributed by atoms with E-state index in [0.717, 1.165) is 25.7 Å². The number of rotatable bonds is 8. The number of hydrogen-bond acceptors (Lipinski definition) is 1. The van der Waals surface area contributed by atoms with Crippen molar-refractivity contribution >= 4 is 5.91 Å². The summed E-state index contributed by atoms with van der Waals surface area (Å²) < 4.78 is 1.93. The smallest absolute Gasteiger partial charge is 0.286 e. The third-order valence-electron chi connectivity index (χ3n) is 3.94. The maximum absolute atomic E-state index is 12.1. The average molecular weight is 311 g/mol. The molecule has 0 unspecified atom stereocenters. The van der Waals surface area contributed by atoms with Gasteiger partial charge in [0.15, 0.2) is 12.4 Å². The second-order valence-electron chi connectivity index (χ2n) is 6.12. The first-order valence-electron chi connectivity index (χ1n) is 8.48. The lowest BCUT2D eigenvalue weighted by Gasteiger charge is -2.12.